The molecule has 2 nitrogen and oxygen atoms in total. The molecular formula is C12H13BrN2S2. The molecule has 3 N–H and O–H groups in total. The Bertz CT molecular complexity index is 511. The molecular weight excluding hydrogens is 316 g/mol. The number of thiophene rings is 2. The summed E-state index contributed by atoms with van der Waals surface area (Å²) in [6, 6.07) is 2.44. The summed E-state index contributed by atoms with van der Waals surface area (Å²) in [5.74, 6) is 5.72. The molecule has 1 unspecified atom stereocenters. The van der Waals surface area contributed by atoms with E-state index in [1.165, 1.54) is 35.3 Å². The first-order chi connectivity index (χ1) is 8.29. The average molecular weight is 329 g/mol. The fraction of sp³-hybridized carbons (Fsp3) is 0.333. The minimum Gasteiger partial charge on any atom is -0.271 e. The van der Waals surface area contributed by atoms with Gasteiger partial charge in [-0.2, -0.15) is 11.3 Å². The maximum Gasteiger partial charge on any atom is 0.0821 e. The van der Waals surface area contributed by atoms with Crippen molar-refractivity contribution in [1.82, 2.24) is 5.43 Å². The Hall–Kier alpha value is -0.200. The van der Waals surface area contributed by atoms with Crippen molar-refractivity contribution in [2.24, 2.45) is 5.84 Å². The molecule has 2 heterocycles. The summed E-state index contributed by atoms with van der Waals surface area (Å²) < 4.78 is 1.14. The van der Waals surface area contributed by atoms with Gasteiger partial charge in [0.2, 0.25) is 0 Å². The van der Waals surface area contributed by atoms with Gasteiger partial charge in [-0.05, 0) is 52.2 Å². The first-order valence-corrected chi connectivity index (χ1v) is 8.14. The molecule has 1 aliphatic rings. The van der Waals surface area contributed by atoms with E-state index >= 15 is 0 Å². The lowest BCUT2D eigenvalue weighted by Crippen LogP contribution is -2.28. The summed E-state index contributed by atoms with van der Waals surface area (Å²) in [4.78, 5) is 2.88. The Morgan fingerprint density at radius 2 is 2.24 bits per heavy atom. The summed E-state index contributed by atoms with van der Waals surface area (Å²) in [5.41, 5.74) is 5.70. The van der Waals surface area contributed by atoms with Gasteiger partial charge in [0.05, 0.1) is 6.04 Å². The molecule has 0 saturated heterocycles. The van der Waals surface area contributed by atoms with Gasteiger partial charge in [-0.1, -0.05) is 0 Å². The van der Waals surface area contributed by atoms with Gasteiger partial charge in [-0.15, -0.1) is 11.3 Å². The minimum absolute atomic E-state index is 0.117. The molecule has 2 aromatic rings. The predicted octanol–water partition coefficient (Wildman–Crippen LogP) is 3.61. The highest BCUT2D eigenvalue weighted by atomic mass is 79.9. The zero-order valence-corrected chi connectivity index (χ0v) is 12.4. The topological polar surface area (TPSA) is 38.0 Å². The van der Waals surface area contributed by atoms with Crippen molar-refractivity contribution in [3.8, 4) is 0 Å². The Morgan fingerprint density at radius 3 is 2.88 bits per heavy atom. The molecule has 90 valence electrons. The van der Waals surface area contributed by atoms with Gasteiger partial charge in [-0.25, -0.2) is 5.43 Å². The van der Waals surface area contributed by atoms with E-state index in [1.807, 2.05) is 11.3 Å². The summed E-state index contributed by atoms with van der Waals surface area (Å²) in [6.45, 7) is 0. The first-order valence-electron chi connectivity index (χ1n) is 5.59. The second-order valence-electron chi connectivity index (χ2n) is 4.23. The highest BCUT2D eigenvalue weighted by Gasteiger charge is 2.22. The van der Waals surface area contributed by atoms with Gasteiger partial charge in [0.15, 0.2) is 0 Å². The van der Waals surface area contributed by atoms with E-state index < -0.39 is 0 Å². The van der Waals surface area contributed by atoms with Gasteiger partial charge in [0.1, 0.15) is 0 Å². The molecule has 0 bridgehead atoms. The number of nitrogens with two attached hydrogens (primary N) is 1. The highest BCUT2D eigenvalue weighted by molar-refractivity contribution is 9.10. The molecule has 2 aromatic heterocycles. The third kappa shape index (κ3) is 2.11. The molecule has 5 heteroatoms. The lowest BCUT2D eigenvalue weighted by molar-refractivity contribution is 0.646. The molecule has 3 rings (SSSR count). The number of nitrogens with one attached hydrogen (secondary N) is 1. The van der Waals surface area contributed by atoms with Gasteiger partial charge in [-0.3, -0.25) is 5.84 Å². The number of rotatable bonds is 3. The molecule has 0 spiro atoms. The third-order valence-electron chi connectivity index (χ3n) is 3.17. The van der Waals surface area contributed by atoms with Crippen molar-refractivity contribution in [3.05, 3.63) is 42.2 Å². The van der Waals surface area contributed by atoms with E-state index in [1.54, 1.807) is 16.2 Å². The fourth-order valence-electron chi connectivity index (χ4n) is 2.32. The smallest absolute Gasteiger partial charge is 0.0821 e. The van der Waals surface area contributed by atoms with Crippen molar-refractivity contribution < 1.29 is 0 Å². The van der Waals surface area contributed by atoms with E-state index in [-0.39, 0.29) is 6.04 Å². The van der Waals surface area contributed by atoms with Crippen LogP contribution in [-0.4, -0.2) is 0 Å². The van der Waals surface area contributed by atoms with Gasteiger partial charge < -0.3 is 0 Å². The molecule has 0 aromatic carbocycles. The normalized spacial score (nSPS) is 16.1. The fourth-order valence-corrected chi connectivity index (χ4v) is 5.21. The average Bonchev–Trinajstić information content (AvgIpc) is 2.96. The monoisotopic (exact) mass is 328 g/mol. The molecule has 1 aliphatic carbocycles. The van der Waals surface area contributed by atoms with Crippen LogP contribution in [-0.2, 0) is 12.8 Å². The Labute approximate surface area is 117 Å². The summed E-state index contributed by atoms with van der Waals surface area (Å²) in [5, 5.41) is 4.25. The second-order valence-corrected chi connectivity index (χ2v) is 6.99. The van der Waals surface area contributed by atoms with Crippen LogP contribution in [0.15, 0.2) is 21.3 Å². The largest absolute Gasteiger partial charge is 0.271 e. The summed E-state index contributed by atoms with van der Waals surface area (Å²) >= 11 is 7.18. The van der Waals surface area contributed by atoms with Crippen LogP contribution in [0.3, 0.4) is 0 Å². The van der Waals surface area contributed by atoms with E-state index in [4.69, 9.17) is 5.84 Å². The number of hydrogen-bond donors (Lipinski definition) is 2. The number of fused-ring (bicyclic) bond motifs is 1. The SMILES string of the molecule is NNC(c1cc2c(s1)CCC2)c1cscc1Br. The maximum absolute atomic E-state index is 5.72. The van der Waals surface area contributed by atoms with Gasteiger partial charge in [0.25, 0.3) is 0 Å². The van der Waals surface area contributed by atoms with Crippen molar-refractivity contribution >= 4 is 38.6 Å². The van der Waals surface area contributed by atoms with Crippen LogP contribution in [0.1, 0.15) is 33.3 Å². The van der Waals surface area contributed by atoms with Crippen molar-refractivity contribution in [2.45, 2.75) is 25.3 Å². The molecule has 0 fully saturated rings. The van der Waals surface area contributed by atoms with E-state index in [2.05, 4.69) is 38.2 Å². The van der Waals surface area contributed by atoms with Crippen molar-refractivity contribution in [2.75, 3.05) is 0 Å². The zero-order chi connectivity index (χ0) is 11.8. The van der Waals surface area contributed by atoms with Crippen molar-refractivity contribution in [1.29, 1.82) is 0 Å². The van der Waals surface area contributed by atoms with Crippen LogP contribution in [0.25, 0.3) is 0 Å². The van der Waals surface area contributed by atoms with Crippen LogP contribution in [0.4, 0.5) is 0 Å². The van der Waals surface area contributed by atoms with Crippen LogP contribution in [0.5, 0.6) is 0 Å². The molecule has 0 saturated carbocycles. The lowest BCUT2D eigenvalue weighted by Gasteiger charge is -2.13. The minimum atomic E-state index is 0.117. The van der Waals surface area contributed by atoms with Crippen LogP contribution < -0.4 is 11.3 Å². The number of aryl methyl sites for hydroxylation is 2. The zero-order valence-electron chi connectivity index (χ0n) is 9.20. The standard InChI is InChI=1S/C12H13BrN2S2/c13-9-6-16-5-8(9)12(15-14)11-4-7-2-1-3-10(7)17-11/h4-6,12,15H,1-3,14H2. The molecule has 0 amide bonds. The maximum atomic E-state index is 5.72. The predicted molar refractivity (Wildman–Crippen MR) is 77.5 cm³/mol. The number of hydrogen-bond acceptors (Lipinski definition) is 4. The van der Waals surface area contributed by atoms with E-state index in [0.717, 1.165) is 4.47 Å². The molecule has 0 radical (unpaired) electrons. The number of hydrazine groups is 1. The quantitative estimate of drug-likeness (QED) is 0.667. The Morgan fingerprint density at radius 1 is 1.35 bits per heavy atom. The molecule has 17 heavy (non-hydrogen) atoms. The van der Waals surface area contributed by atoms with Crippen LogP contribution in [0.2, 0.25) is 0 Å². The summed E-state index contributed by atoms with van der Waals surface area (Å²) in [6.07, 6.45) is 3.78. The van der Waals surface area contributed by atoms with Gasteiger partial charge >= 0.3 is 0 Å². The Kier molecular flexibility index (Phi) is 3.36. The molecule has 0 aliphatic heterocycles. The Balaban J connectivity index is 1.97. The highest BCUT2D eigenvalue weighted by Crippen LogP contribution is 2.38. The number of halogens is 1. The van der Waals surface area contributed by atoms with E-state index in [9.17, 15) is 0 Å². The molecule has 1 atom stereocenters. The summed E-state index contributed by atoms with van der Waals surface area (Å²) in [7, 11) is 0. The van der Waals surface area contributed by atoms with Crippen molar-refractivity contribution in [3.63, 3.8) is 0 Å². The third-order valence-corrected chi connectivity index (χ3v) is 6.22. The van der Waals surface area contributed by atoms with Crippen LogP contribution >= 0.6 is 38.6 Å². The van der Waals surface area contributed by atoms with Crippen LogP contribution in [0, 0.1) is 0 Å². The lowest BCUT2D eigenvalue weighted by atomic mass is 10.1. The first kappa shape index (κ1) is 11.9. The van der Waals surface area contributed by atoms with E-state index in [0.29, 0.717) is 0 Å². The second kappa shape index (κ2) is 4.82. The van der Waals surface area contributed by atoms with Gasteiger partial charge in [0, 0.05) is 25.2 Å².